The summed E-state index contributed by atoms with van der Waals surface area (Å²) in [6, 6.07) is 0. The highest BCUT2D eigenvalue weighted by Gasteiger charge is 2.52. The number of carbonyl (C=O) groups excluding carboxylic acids is 4. The first-order valence-corrected chi connectivity index (χ1v) is 39.6. The number of aryl methyl sites for hydroxylation is 1. The van der Waals surface area contributed by atoms with Crippen molar-refractivity contribution in [2.24, 2.45) is 22.7 Å². The van der Waals surface area contributed by atoms with Gasteiger partial charge in [-0.2, -0.15) is 8.62 Å². The highest BCUT2D eigenvalue weighted by Crippen LogP contribution is 2.63. The number of nitrogens with two attached hydrogens (primary N) is 1. The summed E-state index contributed by atoms with van der Waals surface area (Å²) < 4.78 is 124. The summed E-state index contributed by atoms with van der Waals surface area (Å²) in [5, 5.41) is 42.8. The van der Waals surface area contributed by atoms with E-state index >= 15 is 0 Å². The minimum Gasteiger partial charge on any atom is -0.386 e. The molecule has 47 heteroatoms. The molecule has 0 amide bonds. The molecule has 41 nitrogen and oxygen atoms in total. The number of ketones is 4. The zero-order valence-corrected chi connectivity index (χ0v) is 60.6. The van der Waals surface area contributed by atoms with Crippen LogP contribution in [0.2, 0.25) is 0 Å². The molecule has 4 aromatic heterocycles. The number of hydrogen-bond acceptors (Lipinski definition) is 31. The van der Waals surface area contributed by atoms with Crippen LogP contribution < -0.4 is 5.73 Å². The standard InChI is InChI=1S/C26H44N5O16P3.C26H43N4O16P3.CH4/c1-15(2)7-5-8-16(32)9-6-10-17(33)22(35)26(3,4)12-44-50(41,42)47-49(39,40)43-11-18-21(46-48(36,37)38)20(34)25(45-18)31-14-30-19-23(27)28-13-29-24(19)31;1-15(2)9-10-17(31)7-6-8-18(32)23(34)26(4,5)12-43-49(40,41)46-48(38,39)42-11-19-22(45-47(35,36)37)21(33)25(44-19)30-14-29-20-16(3)27-13-28-24(20)30;/h13-15,18,20-22,25,34-35H,5-12H2,1-4H3,(H,39,40)(H,41,42)(H2,27,28,29)(H2,36,37,38);13-15,19,21-23,25,33-34H,6-12H2,1-5H3,(H,38,39)(H,40,41)(H2,35,36,37);1H4. The van der Waals surface area contributed by atoms with Gasteiger partial charge in [-0.05, 0) is 44.4 Å². The molecule has 0 bridgehead atoms. The molecule has 570 valence electrons. The number of phosphoric ester groups is 6. The Labute approximate surface area is 574 Å². The fraction of sp³-hybridized carbons (Fsp3) is 0.736. The van der Waals surface area contributed by atoms with Crippen LogP contribution in [0.15, 0.2) is 25.3 Å². The number of fused-ring (bicyclic) bond motifs is 2. The van der Waals surface area contributed by atoms with Crippen LogP contribution in [0.4, 0.5) is 5.82 Å². The van der Waals surface area contributed by atoms with Gasteiger partial charge in [-0.1, -0.05) is 69.2 Å². The minimum absolute atomic E-state index is 0. The number of nitrogen functional groups attached to an aromatic ring is 1. The fourth-order valence-corrected chi connectivity index (χ4v) is 15.4. The van der Waals surface area contributed by atoms with Gasteiger partial charge in [0.1, 0.15) is 84.1 Å². The smallest absolute Gasteiger partial charge is 0.386 e. The SMILES string of the molecule is C.CC(C)CCCC(=O)CCCC(=O)C(O)C(C)(C)COP(=O)(O)OP(=O)(O)OCC1OC(n2cnc3c(N)ncnc32)C(O)C1OP(=O)(O)O.Cc1ncnc2c1ncn2C1OC(COP(=O)(O)OP(=O)(O)OCC(C)(C)C(O)C(=O)CCCC(=O)CCC(C)C)C(OP(=O)(O)O)C1O. The Bertz CT molecular complexity index is 3720. The van der Waals surface area contributed by atoms with Gasteiger partial charge in [-0.25, -0.2) is 57.3 Å². The van der Waals surface area contributed by atoms with Gasteiger partial charge in [0.2, 0.25) is 0 Å². The number of phosphoric acid groups is 6. The Morgan fingerprint density at radius 1 is 0.540 bits per heavy atom. The van der Waals surface area contributed by atoms with Crippen LogP contribution in [-0.2, 0) is 91.8 Å². The van der Waals surface area contributed by atoms with E-state index < -0.39 is 157 Å². The van der Waals surface area contributed by atoms with E-state index in [9.17, 15) is 106 Å². The Kier molecular flexibility index (Phi) is 32.6. The first-order valence-electron chi connectivity index (χ1n) is 30.5. The number of aromatic nitrogens is 8. The number of imidazole rings is 2. The number of anilines is 1. The largest absolute Gasteiger partial charge is 0.481 e. The highest BCUT2D eigenvalue weighted by molar-refractivity contribution is 7.61. The summed E-state index contributed by atoms with van der Waals surface area (Å²) in [6.45, 7) is 11.2. The average molecular weight is 1550 g/mol. The van der Waals surface area contributed by atoms with Crippen molar-refractivity contribution in [2.45, 2.75) is 202 Å². The third-order valence-corrected chi connectivity index (χ3v) is 21.3. The zero-order valence-electron chi connectivity index (χ0n) is 55.2. The van der Waals surface area contributed by atoms with Crippen LogP contribution in [0.5, 0.6) is 0 Å². The number of carbonyl (C=O) groups is 4. The quantitative estimate of drug-likeness (QED) is 0.0265. The lowest BCUT2D eigenvalue weighted by molar-refractivity contribution is -0.135. The number of rotatable bonds is 41. The van der Waals surface area contributed by atoms with Crippen molar-refractivity contribution in [3.63, 3.8) is 0 Å². The third kappa shape index (κ3) is 27.2. The first-order chi connectivity index (χ1) is 45.5. The molecular formula is C53H91N9O32P6. The predicted octanol–water partition coefficient (Wildman–Crippen LogP) is 4.81. The molecule has 6 rings (SSSR count). The Hall–Kier alpha value is -3.92. The number of Topliss-reactive ketones (excluding diaryl/α,β-unsaturated/α-hetero) is 4. The molecule has 0 aromatic carbocycles. The maximum absolute atomic E-state index is 12.6. The second-order valence-corrected chi connectivity index (χ2v) is 34.0. The number of nitrogens with zero attached hydrogens (tertiary/aromatic N) is 8. The van der Waals surface area contributed by atoms with Gasteiger partial charge in [0.15, 0.2) is 41.1 Å². The van der Waals surface area contributed by atoms with Gasteiger partial charge in [0, 0.05) is 49.4 Å². The molecular weight excluding hydrogens is 1460 g/mol. The second kappa shape index (κ2) is 36.9. The van der Waals surface area contributed by atoms with E-state index in [1.165, 1.54) is 44.9 Å². The van der Waals surface area contributed by atoms with Crippen molar-refractivity contribution >= 4 is 98.2 Å². The van der Waals surface area contributed by atoms with Gasteiger partial charge in [-0.15, -0.1) is 0 Å². The molecule has 2 fully saturated rings. The van der Waals surface area contributed by atoms with Gasteiger partial charge in [0.05, 0.1) is 44.8 Å². The topological polar surface area (TPSA) is 619 Å². The average Bonchev–Trinajstić information content (AvgIpc) is 1.62. The van der Waals surface area contributed by atoms with E-state index in [-0.39, 0.29) is 80.1 Å². The molecule has 0 aliphatic carbocycles. The van der Waals surface area contributed by atoms with E-state index in [4.69, 9.17) is 33.3 Å². The molecule has 2 aliphatic heterocycles. The molecule has 14 N–H and O–H groups in total. The molecule has 2 saturated heterocycles. The molecule has 100 heavy (non-hydrogen) atoms. The lowest BCUT2D eigenvalue weighted by Gasteiger charge is -2.30. The molecule has 14 atom stereocenters. The van der Waals surface area contributed by atoms with Gasteiger partial charge in [-0.3, -0.25) is 55.5 Å². The lowest BCUT2D eigenvalue weighted by atomic mass is 9.84. The van der Waals surface area contributed by atoms with E-state index in [2.05, 4.69) is 47.6 Å². The van der Waals surface area contributed by atoms with Crippen molar-refractivity contribution in [3.8, 4) is 0 Å². The van der Waals surface area contributed by atoms with Crippen LogP contribution in [0.1, 0.15) is 152 Å². The molecule has 0 spiro atoms. The molecule has 2 aliphatic rings. The van der Waals surface area contributed by atoms with Gasteiger partial charge >= 0.3 is 46.9 Å². The highest BCUT2D eigenvalue weighted by atomic mass is 31.3. The summed E-state index contributed by atoms with van der Waals surface area (Å²) in [4.78, 5) is 151. The molecule has 0 radical (unpaired) electrons. The normalized spacial score (nSPS) is 23.1. The fourth-order valence-electron chi connectivity index (χ4n) is 9.77. The van der Waals surface area contributed by atoms with E-state index in [0.29, 0.717) is 35.9 Å². The van der Waals surface area contributed by atoms with Gasteiger partial charge < -0.3 is 74.8 Å². The van der Waals surface area contributed by atoms with Crippen LogP contribution >= 0.6 is 46.9 Å². The first kappa shape index (κ1) is 88.5. The van der Waals surface area contributed by atoms with Crippen LogP contribution in [-0.4, -0.2) is 197 Å². The van der Waals surface area contributed by atoms with E-state index in [1.54, 1.807) is 6.92 Å². The maximum atomic E-state index is 12.6. The number of ether oxygens (including phenoxy) is 2. The van der Waals surface area contributed by atoms with E-state index in [0.717, 1.165) is 36.5 Å². The van der Waals surface area contributed by atoms with Crippen molar-refractivity contribution < 1.29 is 151 Å². The van der Waals surface area contributed by atoms with Crippen LogP contribution in [0.25, 0.3) is 22.3 Å². The Balaban J connectivity index is 0.000000420. The minimum atomic E-state index is -5.52. The maximum Gasteiger partial charge on any atom is 0.481 e. The number of hydrogen-bond donors (Lipinski definition) is 13. The summed E-state index contributed by atoms with van der Waals surface area (Å²) >= 11 is 0. The van der Waals surface area contributed by atoms with Crippen LogP contribution in [0, 0.1) is 29.6 Å². The van der Waals surface area contributed by atoms with E-state index in [1.807, 2.05) is 27.7 Å². The number of aliphatic hydroxyl groups excluding tert-OH is 4. The van der Waals surface area contributed by atoms with Crippen molar-refractivity contribution in [3.05, 3.63) is 31.0 Å². The molecule has 0 saturated carbocycles. The molecule has 4 aromatic rings. The van der Waals surface area contributed by atoms with Crippen molar-refractivity contribution in [1.82, 2.24) is 39.0 Å². The monoisotopic (exact) mass is 1550 g/mol. The molecule has 14 unspecified atom stereocenters. The second-order valence-electron chi connectivity index (χ2n) is 25.5. The van der Waals surface area contributed by atoms with Gasteiger partial charge in [0.25, 0.3) is 0 Å². The lowest BCUT2D eigenvalue weighted by Crippen LogP contribution is -2.39. The number of aliphatic hydroxyl groups is 4. The van der Waals surface area contributed by atoms with Crippen molar-refractivity contribution in [1.29, 1.82) is 0 Å². The Morgan fingerprint density at radius 2 is 0.910 bits per heavy atom. The van der Waals surface area contributed by atoms with Crippen LogP contribution in [0.3, 0.4) is 0 Å². The Morgan fingerprint density at radius 3 is 1.32 bits per heavy atom. The summed E-state index contributed by atoms with van der Waals surface area (Å²) in [6.07, 6.45) is -8.94. The van der Waals surface area contributed by atoms with Crippen molar-refractivity contribution in [2.75, 3.05) is 32.2 Å². The summed E-state index contributed by atoms with van der Waals surface area (Å²) in [5.41, 5.74) is 3.89. The summed E-state index contributed by atoms with van der Waals surface area (Å²) in [5.74, 6) is -0.519. The predicted molar refractivity (Wildman–Crippen MR) is 346 cm³/mol. The molecule has 6 heterocycles. The third-order valence-electron chi connectivity index (χ3n) is 15.1. The summed E-state index contributed by atoms with van der Waals surface area (Å²) in [7, 11) is -32.4. The zero-order chi connectivity index (χ0) is 74.6.